The van der Waals surface area contributed by atoms with Gasteiger partial charge in [0.15, 0.2) is 0 Å². The van der Waals surface area contributed by atoms with Gasteiger partial charge in [0.1, 0.15) is 11.2 Å². The van der Waals surface area contributed by atoms with Crippen LogP contribution in [0.1, 0.15) is 37.7 Å². The Hall–Kier alpha value is -2.20. The number of rotatable bonds is 4. The van der Waals surface area contributed by atoms with E-state index in [1.807, 2.05) is 12.1 Å². The van der Waals surface area contributed by atoms with Gasteiger partial charge in [0.2, 0.25) is 0 Å². The second-order valence-electron chi connectivity index (χ2n) is 6.42. The molecule has 2 aromatic carbocycles. The zero-order chi connectivity index (χ0) is 15.5. The van der Waals surface area contributed by atoms with E-state index in [-0.39, 0.29) is 5.66 Å². The molecular weight excluding hydrogens is 284 g/mol. The summed E-state index contributed by atoms with van der Waals surface area (Å²) in [7, 11) is 0. The lowest BCUT2D eigenvalue weighted by Gasteiger charge is -2.38. The summed E-state index contributed by atoms with van der Waals surface area (Å²) in [6, 6.07) is 18.8. The van der Waals surface area contributed by atoms with E-state index < -0.39 is 0 Å². The third kappa shape index (κ3) is 2.75. The SMILES string of the molecule is c1ccc(CNC2(n3nnc4ccccc43)CCCCC2)cc1. The molecule has 3 aromatic rings. The van der Waals surface area contributed by atoms with Crippen LogP contribution < -0.4 is 5.32 Å². The van der Waals surface area contributed by atoms with Crippen LogP contribution in [0.5, 0.6) is 0 Å². The average Bonchev–Trinajstić information content (AvgIpc) is 3.06. The lowest BCUT2D eigenvalue weighted by molar-refractivity contribution is 0.125. The van der Waals surface area contributed by atoms with Crippen molar-refractivity contribution in [1.82, 2.24) is 20.3 Å². The highest BCUT2D eigenvalue weighted by molar-refractivity contribution is 5.74. The number of hydrogen-bond donors (Lipinski definition) is 1. The molecule has 1 aromatic heterocycles. The highest BCUT2D eigenvalue weighted by atomic mass is 15.5. The van der Waals surface area contributed by atoms with Gasteiger partial charge in [0, 0.05) is 6.54 Å². The predicted molar refractivity (Wildman–Crippen MR) is 91.9 cm³/mol. The van der Waals surface area contributed by atoms with Gasteiger partial charge in [-0.05, 0) is 43.4 Å². The molecule has 0 amide bonds. The molecule has 1 N–H and O–H groups in total. The van der Waals surface area contributed by atoms with Gasteiger partial charge >= 0.3 is 0 Å². The van der Waals surface area contributed by atoms with Crippen molar-refractivity contribution in [1.29, 1.82) is 0 Å². The third-order valence-electron chi connectivity index (χ3n) is 4.90. The smallest absolute Gasteiger partial charge is 0.115 e. The quantitative estimate of drug-likeness (QED) is 0.796. The molecule has 118 valence electrons. The summed E-state index contributed by atoms with van der Waals surface area (Å²) >= 11 is 0. The van der Waals surface area contributed by atoms with Crippen molar-refractivity contribution in [3.05, 3.63) is 60.2 Å². The summed E-state index contributed by atoms with van der Waals surface area (Å²) in [4.78, 5) is 0. The van der Waals surface area contributed by atoms with Crippen molar-refractivity contribution < 1.29 is 0 Å². The predicted octanol–water partition coefficient (Wildman–Crippen LogP) is 3.84. The molecule has 1 fully saturated rings. The van der Waals surface area contributed by atoms with E-state index in [0.29, 0.717) is 0 Å². The largest absolute Gasteiger partial charge is 0.289 e. The molecule has 0 saturated heterocycles. The van der Waals surface area contributed by atoms with Gasteiger partial charge in [-0.15, -0.1) is 5.10 Å². The Balaban J connectivity index is 1.68. The number of benzene rings is 2. The fraction of sp³-hybridized carbons (Fsp3) is 0.368. The Bertz CT molecular complexity index is 772. The number of nitrogens with zero attached hydrogens (tertiary/aromatic N) is 3. The summed E-state index contributed by atoms with van der Waals surface area (Å²) < 4.78 is 2.13. The van der Waals surface area contributed by atoms with E-state index in [9.17, 15) is 0 Å². The molecule has 1 heterocycles. The summed E-state index contributed by atoms with van der Waals surface area (Å²) in [6.07, 6.45) is 5.98. The van der Waals surface area contributed by atoms with Crippen LogP contribution in [-0.2, 0) is 12.2 Å². The zero-order valence-corrected chi connectivity index (χ0v) is 13.3. The molecule has 4 nitrogen and oxygen atoms in total. The molecular formula is C19H22N4. The van der Waals surface area contributed by atoms with Crippen LogP contribution in [-0.4, -0.2) is 15.0 Å². The van der Waals surface area contributed by atoms with Crippen LogP contribution in [0.3, 0.4) is 0 Å². The topological polar surface area (TPSA) is 42.7 Å². The minimum absolute atomic E-state index is 0.121. The van der Waals surface area contributed by atoms with Crippen molar-refractivity contribution in [2.75, 3.05) is 0 Å². The van der Waals surface area contributed by atoms with Crippen molar-refractivity contribution in [3.63, 3.8) is 0 Å². The maximum absolute atomic E-state index is 4.51. The minimum atomic E-state index is -0.121. The molecule has 1 aliphatic rings. The molecule has 0 bridgehead atoms. The van der Waals surface area contributed by atoms with Crippen LogP contribution in [0.15, 0.2) is 54.6 Å². The van der Waals surface area contributed by atoms with E-state index >= 15 is 0 Å². The van der Waals surface area contributed by atoms with E-state index in [1.165, 1.54) is 24.8 Å². The van der Waals surface area contributed by atoms with E-state index in [4.69, 9.17) is 0 Å². The van der Waals surface area contributed by atoms with Gasteiger partial charge in [-0.25, -0.2) is 4.68 Å². The number of para-hydroxylation sites is 1. The first-order valence-corrected chi connectivity index (χ1v) is 8.47. The Kier molecular flexibility index (Phi) is 3.83. The summed E-state index contributed by atoms with van der Waals surface area (Å²) in [5.74, 6) is 0. The first kappa shape index (κ1) is 14.4. The molecule has 0 spiro atoms. The van der Waals surface area contributed by atoms with Gasteiger partial charge in [0.25, 0.3) is 0 Å². The van der Waals surface area contributed by atoms with Crippen molar-refractivity contribution in [2.24, 2.45) is 0 Å². The zero-order valence-electron chi connectivity index (χ0n) is 13.3. The van der Waals surface area contributed by atoms with E-state index in [1.54, 1.807) is 0 Å². The fourth-order valence-corrected chi connectivity index (χ4v) is 3.65. The monoisotopic (exact) mass is 306 g/mol. The van der Waals surface area contributed by atoms with E-state index in [2.05, 4.69) is 62.8 Å². The van der Waals surface area contributed by atoms with E-state index in [0.717, 1.165) is 30.4 Å². The molecule has 4 rings (SSSR count). The molecule has 0 aliphatic heterocycles. The van der Waals surface area contributed by atoms with Crippen LogP contribution in [0, 0.1) is 0 Å². The summed E-state index contributed by atoms with van der Waals surface area (Å²) in [6.45, 7) is 0.856. The Morgan fingerprint density at radius 3 is 2.48 bits per heavy atom. The first-order chi connectivity index (χ1) is 11.4. The van der Waals surface area contributed by atoms with Crippen molar-refractivity contribution in [3.8, 4) is 0 Å². The molecule has 1 aliphatic carbocycles. The number of nitrogens with one attached hydrogen (secondary N) is 1. The normalized spacial score (nSPS) is 17.4. The molecule has 1 saturated carbocycles. The number of aromatic nitrogens is 3. The number of fused-ring (bicyclic) bond motifs is 1. The van der Waals surface area contributed by atoms with Gasteiger partial charge in [-0.1, -0.05) is 54.1 Å². The molecule has 0 unspecified atom stereocenters. The fourth-order valence-electron chi connectivity index (χ4n) is 3.65. The van der Waals surface area contributed by atoms with Gasteiger partial charge in [-0.3, -0.25) is 5.32 Å². The maximum Gasteiger partial charge on any atom is 0.115 e. The first-order valence-electron chi connectivity index (χ1n) is 8.47. The van der Waals surface area contributed by atoms with Gasteiger partial charge < -0.3 is 0 Å². The van der Waals surface area contributed by atoms with Gasteiger partial charge in [-0.2, -0.15) is 0 Å². The van der Waals surface area contributed by atoms with Crippen LogP contribution in [0.4, 0.5) is 0 Å². The van der Waals surface area contributed by atoms with Gasteiger partial charge in [0.05, 0.1) is 5.52 Å². The molecule has 0 radical (unpaired) electrons. The standard InChI is InChI=1S/C19H22N4/c1-3-9-16(10-4-1)15-20-19(13-7-2-8-14-19)23-18-12-6-5-11-17(18)21-22-23/h1,3-6,9-12,20H,2,7-8,13-15H2. The molecule has 23 heavy (non-hydrogen) atoms. The lowest BCUT2D eigenvalue weighted by atomic mass is 9.88. The highest BCUT2D eigenvalue weighted by Crippen LogP contribution is 2.34. The Labute approximate surface area is 136 Å². The van der Waals surface area contributed by atoms with Crippen molar-refractivity contribution >= 4 is 11.0 Å². The molecule has 0 atom stereocenters. The summed E-state index contributed by atoms with van der Waals surface area (Å²) in [5, 5.41) is 12.7. The number of hydrogen-bond acceptors (Lipinski definition) is 3. The van der Waals surface area contributed by atoms with Crippen LogP contribution in [0.25, 0.3) is 11.0 Å². The minimum Gasteiger partial charge on any atom is -0.289 e. The lowest BCUT2D eigenvalue weighted by Crippen LogP contribution is -2.49. The molecule has 4 heteroatoms. The second kappa shape index (κ2) is 6.13. The maximum atomic E-state index is 4.51. The van der Waals surface area contributed by atoms with Crippen LogP contribution >= 0.6 is 0 Å². The highest BCUT2D eigenvalue weighted by Gasteiger charge is 2.35. The second-order valence-corrected chi connectivity index (χ2v) is 6.42. The summed E-state index contributed by atoms with van der Waals surface area (Å²) in [5.41, 5.74) is 3.28. The Morgan fingerprint density at radius 1 is 0.913 bits per heavy atom. The third-order valence-corrected chi connectivity index (χ3v) is 4.90. The van der Waals surface area contributed by atoms with Crippen molar-refractivity contribution in [2.45, 2.75) is 44.3 Å². The Morgan fingerprint density at radius 2 is 1.65 bits per heavy atom. The average molecular weight is 306 g/mol. The van der Waals surface area contributed by atoms with Crippen LogP contribution in [0.2, 0.25) is 0 Å².